The molecule has 3 atom stereocenters. The van der Waals surface area contributed by atoms with Gasteiger partial charge in [0, 0.05) is 12.6 Å². The Morgan fingerprint density at radius 1 is 1.11 bits per heavy atom. The largest absolute Gasteiger partial charge is 0.374 e. The Bertz CT molecular complexity index is 227. The van der Waals surface area contributed by atoms with Crippen LogP contribution in [0.4, 0.5) is 0 Å². The Labute approximate surface area is 112 Å². The maximum atomic E-state index is 6.28. The van der Waals surface area contributed by atoms with Crippen LogP contribution in [0.5, 0.6) is 0 Å². The first-order chi connectivity index (χ1) is 8.85. The van der Waals surface area contributed by atoms with E-state index in [1.54, 1.807) is 0 Å². The average molecular weight is 255 g/mol. The van der Waals surface area contributed by atoms with E-state index >= 15 is 0 Å². The van der Waals surface area contributed by atoms with Gasteiger partial charge in [-0.3, -0.25) is 0 Å². The molecule has 106 valence electrons. The van der Waals surface area contributed by atoms with E-state index < -0.39 is 0 Å². The monoisotopic (exact) mass is 255 g/mol. The number of likely N-dealkylation sites (N-methyl/N-ethyl adjacent to an activating group) is 1. The molecule has 2 saturated carbocycles. The second kappa shape index (κ2) is 7.46. The third-order valence-corrected chi connectivity index (χ3v) is 4.30. The van der Waals surface area contributed by atoms with Gasteiger partial charge in [0.2, 0.25) is 0 Å². The SMILES string of the molecule is CCCOC1C(NC)CC1OC1CCCCCC1. The fourth-order valence-electron chi connectivity index (χ4n) is 3.10. The lowest BCUT2D eigenvalue weighted by Crippen LogP contribution is -2.60. The first-order valence-corrected chi connectivity index (χ1v) is 7.79. The second-order valence-corrected chi connectivity index (χ2v) is 5.75. The lowest BCUT2D eigenvalue weighted by molar-refractivity contribution is -0.168. The van der Waals surface area contributed by atoms with Crippen LogP contribution in [-0.2, 0) is 9.47 Å². The predicted molar refractivity (Wildman–Crippen MR) is 73.9 cm³/mol. The molecule has 18 heavy (non-hydrogen) atoms. The quantitative estimate of drug-likeness (QED) is 0.740. The molecule has 1 N–H and O–H groups in total. The van der Waals surface area contributed by atoms with E-state index in [0.717, 1.165) is 19.4 Å². The molecule has 0 aromatic rings. The summed E-state index contributed by atoms with van der Waals surface area (Å²) in [6.45, 7) is 3.02. The highest BCUT2D eigenvalue weighted by Gasteiger charge is 2.42. The van der Waals surface area contributed by atoms with Gasteiger partial charge in [0.05, 0.1) is 18.3 Å². The van der Waals surface area contributed by atoms with Crippen LogP contribution < -0.4 is 5.32 Å². The molecule has 0 bridgehead atoms. The minimum Gasteiger partial charge on any atom is -0.374 e. The van der Waals surface area contributed by atoms with Crippen molar-refractivity contribution in [3.8, 4) is 0 Å². The normalized spacial score (nSPS) is 34.0. The van der Waals surface area contributed by atoms with E-state index in [0.29, 0.717) is 18.2 Å². The van der Waals surface area contributed by atoms with Gasteiger partial charge >= 0.3 is 0 Å². The zero-order chi connectivity index (χ0) is 12.8. The van der Waals surface area contributed by atoms with Gasteiger partial charge in [0.25, 0.3) is 0 Å². The molecular formula is C15H29NO2. The fraction of sp³-hybridized carbons (Fsp3) is 1.00. The van der Waals surface area contributed by atoms with Gasteiger partial charge in [0.1, 0.15) is 0 Å². The molecule has 0 radical (unpaired) electrons. The molecular weight excluding hydrogens is 226 g/mol. The Kier molecular flexibility index (Phi) is 5.93. The maximum Gasteiger partial charge on any atom is 0.0990 e. The minimum atomic E-state index is 0.276. The van der Waals surface area contributed by atoms with Gasteiger partial charge in [0.15, 0.2) is 0 Å². The summed E-state index contributed by atoms with van der Waals surface area (Å²) in [7, 11) is 2.02. The lowest BCUT2D eigenvalue weighted by Gasteiger charge is -2.45. The molecule has 3 nitrogen and oxygen atoms in total. The van der Waals surface area contributed by atoms with Crippen LogP contribution in [-0.4, -0.2) is 38.0 Å². The molecule has 0 aromatic carbocycles. The van der Waals surface area contributed by atoms with Crippen molar-refractivity contribution in [1.82, 2.24) is 5.32 Å². The number of nitrogens with one attached hydrogen (secondary N) is 1. The van der Waals surface area contributed by atoms with Crippen LogP contribution in [0, 0.1) is 0 Å². The number of rotatable bonds is 6. The van der Waals surface area contributed by atoms with Gasteiger partial charge in [-0.05, 0) is 32.7 Å². The molecule has 0 aromatic heterocycles. The van der Waals surface area contributed by atoms with Crippen molar-refractivity contribution < 1.29 is 9.47 Å². The Morgan fingerprint density at radius 2 is 1.83 bits per heavy atom. The third-order valence-electron chi connectivity index (χ3n) is 4.30. The summed E-state index contributed by atoms with van der Waals surface area (Å²) in [5, 5.41) is 3.33. The summed E-state index contributed by atoms with van der Waals surface area (Å²) in [6.07, 6.45) is 11.3. The average Bonchev–Trinajstić information content (AvgIpc) is 2.63. The van der Waals surface area contributed by atoms with Gasteiger partial charge in [-0.15, -0.1) is 0 Å². The molecule has 2 fully saturated rings. The lowest BCUT2D eigenvalue weighted by atomic mass is 9.85. The van der Waals surface area contributed by atoms with Gasteiger partial charge in [-0.2, -0.15) is 0 Å². The molecule has 2 rings (SSSR count). The topological polar surface area (TPSA) is 30.5 Å². The smallest absolute Gasteiger partial charge is 0.0990 e. The minimum absolute atomic E-state index is 0.276. The first kappa shape index (κ1) is 14.3. The van der Waals surface area contributed by atoms with Crippen molar-refractivity contribution in [2.24, 2.45) is 0 Å². The molecule has 0 amide bonds. The molecule has 0 heterocycles. The summed E-state index contributed by atoms with van der Waals surface area (Å²) >= 11 is 0. The number of hydrogen-bond acceptors (Lipinski definition) is 3. The van der Waals surface area contributed by atoms with Crippen molar-refractivity contribution in [2.75, 3.05) is 13.7 Å². The zero-order valence-corrected chi connectivity index (χ0v) is 12.0. The van der Waals surface area contributed by atoms with E-state index in [2.05, 4.69) is 12.2 Å². The highest BCUT2D eigenvalue weighted by molar-refractivity contribution is 4.97. The van der Waals surface area contributed by atoms with Gasteiger partial charge in [-0.1, -0.05) is 32.6 Å². The van der Waals surface area contributed by atoms with Crippen LogP contribution in [0.15, 0.2) is 0 Å². The molecule has 3 unspecified atom stereocenters. The van der Waals surface area contributed by atoms with Crippen molar-refractivity contribution >= 4 is 0 Å². The summed E-state index contributed by atoms with van der Waals surface area (Å²) in [5.41, 5.74) is 0. The molecule has 0 spiro atoms. The summed E-state index contributed by atoms with van der Waals surface area (Å²) in [6, 6.07) is 0.493. The molecule has 0 saturated heterocycles. The second-order valence-electron chi connectivity index (χ2n) is 5.75. The van der Waals surface area contributed by atoms with Crippen LogP contribution in [0.25, 0.3) is 0 Å². The molecule has 3 heteroatoms. The Balaban J connectivity index is 1.76. The van der Waals surface area contributed by atoms with Crippen LogP contribution in [0.1, 0.15) is 58.3 Å². The third kappa shape index (κ3) is 3.69. The van der Waals surface area contributed by atoms with Crippen molar-refractivity contribution in [1.29, 1.82) is 0 Å². The van der Waals surface area contributed by atoms with Crippen LogP contribution in [0.2, 0.25) is 0 Å². The van der Waals surface area contributed by atoms with Crippen molar-refractivity contribution in [2.45, 2.75) is 82.6 Å². The van der Waals surface area contributed by atoms with Crippen molar-refractivity contribution in [3.05, 3.63) is 0 Å². The van der Waals surface area contributed by atoms with E-state index in [9.17, 15) is 0 Å². The highest BCUT2D eigenvalue weighted by Crippen LogP contribution is 2.31. The molecule has 2 aliphatic carbocycles. The standard InChI is InChI=1S/C15H29NO2/c1-3-10-17-15-13(16-2)11-14(15)18-12-8-6-4-5-7-9-12/h12-16H,3-11H2,1-2H3. The zero-order valence-electron chi connectivity index (χ0n) is 12.0. The van der Waals surface area contributed by atoms with Gasteiger partial charge < -0.3 is 14.8 Å². The fourth-order valence-corrected chi connectivity index (χ4v) is 3.10. The highest BCUT2D eigenvalue weighted by atomic mass is 16.6. The van der Waals surface area contributed by atoms with Crippen LogP contribution >= 0.6 is 0 Å². The van der Waals surface area contributed by atoms with E-state index in [1.165, 1.54) is 38.5 Å². The number of ether oxygens (including phenoxy) is 2. The molecule has 0 aliphatic heterocycles. The number of hydrogen-bond donors (Lipinski definition) is 1. The van der Waals surface area contributed by atoms with E-state index in [1.807, 2.05) is 7.05 Å². The summed E-state index contributed by atoms with van der Waals surface area (Å²) < 4.78 is 12.2. The van der Waals surface area contributed by atoms with E-state index in [-0.39, 0.29) is 6.10 Å². The summed E-state index contributed by atoms with van der Waals surface area (Å²) in [5.74, 6) is 0. The Hall–Kier alpha value is -0.120. The maximum absolute atomic E-state index is 6.28. The summed E-state index contributed by atoms with van der Waals surface area (Å²) in [4.78, 5) is 0. The van der Waals surface area contributed by atoms with Crippen molar-refractivity contribution in [3.63, 3.8) is 0 Å². The van der Waals surface area contributed by atoms with Crippen LogP contribution in [0.3, 0.4) is 0 Å². The van der Waals surface area contributed by atoms with E-state index in [4.69, 9.17) is 9.47 Å². The van der Waals surface area contributed by atoms with Gasteiger partial charge in [-0.25, -0.2) is 0 Å². The molecule has 2 aliphatic rings. The first-order valence-electron chi connectivity index (χ1n) is 7.79. The predicted octanol–water partition coefficient (Wildman–Crippen LogP) is 2.88. The Morgan fingerprint density at radius 3 is 2.44 bits per heavy atom.